The molecular weight excluding hydrogens is 438 g/mol. The van der Waals surface area contributed by atoms with Gasteiger partial charge in [0.25, 0.3) is 0 Å². The number of ether oxygens (including phenoxy) is 1. The van der Waals surface area contributed by atoms with Crippen LogP contribution in [0.3, 0.4) is 0 Å². The third-order valence-corrected chi connectivity index (χ3v) is 6.83. The lowest BCUT2D eigenvalue weighted by atomic mass is 10.00. The van der Waals surface area contributed by atoms with Crippen LogP contribution in [0.4, 0.5) is 5.69 Å². The normalized spacial score (nSPS) is 16.7. The lowest BCUT2D eigenvalue weighted by molar-refractivity contribution is -0.132. The van der Waals surface area contributed by atoms with E-state index in [4.69, 9.17) is 10.5 Å². The van der Waals surface area contributed by atoms with Gasteiger partial charge in [-0.15, -0.1) is 0 Å². The summed E-state index contributed by atoms with van der Waals surface area (Å²) in [5, 5.41) is 0. The highest BCUT2D eigenvalue weighted by molar-refractivity contribution is 5.79. The van der Waals surface area contributed by atoms with Gasteiger partial charge in [0.1, 0.15) is 12.4 Å². The van der Waals surface area contributed by atoms with Gasteiger partial charge in [0.2, 0.25) is 11.8 Å². The van der Waals surface area contributed by atoms with Crippen LogP contribution in [0.2, 0.25) is 0 Å². The summed E-state index contributed by atoms with van der Waals surface area (Å²) >= 11 is 0. The molecule has 2 aromatic carbocycles. The predicted molar refractivity (Wildman–Crippen MR) is 141 cm³/mol. The van der Waals surface area contributed by atoms with Crippen molar-refractivity contribution in [3.63, 3.8) is 0 Å². The van der Waals surface area contributed by atoms with E-state index >= 15 is 0 Å². The predicted octanol–water partition coefficient (Wildman–Crippen LogP) is 5.01. The van der Waals surface area contributed by atoms with E-state index in [-0.39, 0.29) is 23.8 Å². The summed E-state index contributed by atoms with van der Waals surface area (Å²) < 4.78 is 5.98. The number of nitrogens with zero attached hydrogens (tertiary/aromatic N) is 2. The minimum Gasteiger partial charge on any atom is -0.489 e. The summed E-state index contributed by atoms with van der Waals surface area (Å²) in [5.74, 6) is 0.958. The summed E-state index contributed by atoms with van der Waals surface area (Å²) in [6.45, 7) is 9.28. The molecule has 0 aliphatic carbocycles. The molecule has 6 heteroatoms. The maximum atomic E-state index is 12.9. The number of rotatable bonds is 12. The molecule has 0 radical (unpaired) electrons. The average Bonchev–Trinajstić information content (AvgIpc) is 2.87. The third kappa shape index (κ3) is 8.30. The molecule has 0 bridgehead atoms. The second-order valence-electron chi connectivity index (χ2n) is 10.1. The second-order valence-corrected chi connectivity index (χ2v) is 10.1. The molecule has 2 aromatic rings. The Kier molecular flexibility index (Phi) is 10.0. The first-order valence-electron chi connectivity index (χ1n) is 12.9. The van der Waals surface area contributed by atoms with Gasteiger partial charge < -0.3 is 20.3 Å². The highest BCUT2D eigenvalue weighted by Crippen LogP contribution is 2.27. The molecule has 0 spiro atoms. The van der Waals surface area contributed by atoms with Crippen molar-refractivity contribution in [2.75, 3.05) is 24.5 Å². The molecule has 1 fully saturated rings. The molecule has 2 amide bonds. The number of likely N-dealkylation sites (tertiary alicyclic amines) is 1. The first-order chi connectivity index (χ1) is 16.8. The molecule has 6 nitrogen and oxygen atoms in total. The van der Waals surface area contributed by atoms with Crippen LogP contribution in [0.15, 0.2) is 54.6 Å². The summed E-state index contributed by atoms with van der Waals surface area (Å²) in [7, 11) is 0. The molecule has 2 unspecified atom stereocenters. The molecule has 35 heavy (non-hydrogen) atoms. The number of carbonyl (C=O) groups is 2. The number of hydrogen-bond acceptors (Lipinski definition) is 4. The van der Waals surface area contributed by atoms with E-state index in [0.29, 0.717) is 31.9 Å². The third-order valence-electron chi connectivity index (χ3n) is 6.83. The summed E-state index contributed by atoms with van der Waals surface area (Å²) in [4.78, 5) is 28.6. The average molecular weight is 480 g/mol. The maximum Gasteiger partial charge on any atom is 0.222 e. The Balaban J connectivity index is 1.65. The monoisotopic (exact) mass is 479 g/mol. The number of nitrogens with two attached hydrogens (primary N) is 1. The molecule has 2 N–H and O–H groups in total. The van der Waals surface area contributed by atoms with E-state index in [1.165, 1.54) is 5.69 Å². The minimum atomic E-state index is -0.342. The zero-order valence-electron chi connectivity index (χ0n) is 21.5. The Labute approximate surface area is 210 Å². The molecule has 190 valence electrons. The number of primary amides is 1. The Morgan fingerprint density at radius 2 is 1.77 bits per heavy atom. The SMILES string of the molecule is CC(C)CCN(c1ccc(OCc2ccccc2)cc1)C1CCCN(C(=O)CCC(C)C(N)=O)C1. The largest absolute Gasteiger partial charge is 0.489 e. The number of anilines is 1. The highest BCUT2D eigenvalue weighted by atomic mass is 16.5. The number of hydrogen-bond donors (Lipinski definition) is 1. The number of piperidine rings is 1. The summed E-state index contributed by atoms with van der Waals surface area (Å²) in [6, 6.07) is 18.8. The van der Waals surface area contributed by atoms with Crippen molar-refractivity contribution in [2.45, 2.75) is 65.5 Å². The zero-order valence-corrected chi connectivity index (χ0v) is 21.5. The fourth-order valence-electron chi connectivity index (χ4n) is 4.47. The number of benzene rings is 2. The molecule has 1 saturated heterocycles. The Morgan fingerprint density at radius 1 is 1.06 bits per heavy atom. The van der Waals surface area contributed by atoms with Crippen molar-refractivity contribution in [3.8, 4) is 5.75 Å². The lowest BCUT2D eigenvalue weighted by Crippen LogP contribution is -2.50. The molecule has 0 aromatic heterocycles. The van der Waals surface area contributed by atoms with E-state index in [1.807, 2.05) is 35.2 Å². The van der Waals surface area contributed by atoms with Crippen LogP contribution in [-0.2, 0) is 16.2 Å². The summed E-state index contributed by atoms with van der Waals surface area (Å²) in [6.07, 6.45) is 4.02. The van der Waals surface area contributed by atoms with Gasteiger partial charge in [-0.05, 0) is 61.4 Å². The topological polar surface area (TPSA) is 75.9 Å². The van der Waals surface area contributed by atoms with Crippen molar-refractivity contribution >= 4 is 17.5 Å². The number of amides is 2. The Morgan fingerprint density at radius 3 is 2.43 bits per heavy atom. The zero-order chi connectivity index (χ0) is 25.2. The fraction of sp³-hybridized carbons (Fsp3) is 0.517. The Bertz CT molecular complexity index is 930. The van der Waals surface area contributed by atoms with Crippen LogP contribution in [0.25, 0.3) is 0 Å². The fourth-order valence-corrected chi connectivity index (χ4v) is 4.47. The van der Waals surface area contributed by atoms with Crippen molar-refractivity contribution in [2.24, 2.45) is 17.6 Å². The standard InChI is InChI=1S/C29H41N3O3/c1-22(2)17-19-32(25-12-14-27(15-13-25)35-21-24-8-5-4-6-9-24)26-10-7-18-31(20-26)28(33)16-11-23(3)29(30)34/h4-6,8-9,12-15,22-23,26H,7,10-11,16-21H2,1-3H3,(H2,30,34). The first kappa shape index (κ1) is 26.6. The van der Waals surface area contributed by atoms with E-state index < -0.39 is 0 Å². The quantitative estimate of drug-likeness (QED) is 0.464. The minimum absolute atomic E-state index is 0.122. The van der Waals surface area contributed by atoms with Gasteiger partial charge in [0, 0.05) is 43.7 Å². The van der Waals surface area contributed by atoms with Gasteiger partial charge in [-0.1, -0.05) is 51.1 Å². The van der Waals surface area contributed by atoms with E-state index in [1.54, 1.807) is 6.92 Å². The van der Waals surface area contributed by atoms with Crippen molar-refractivity contribution in [1.29, 1.82) is 0 Å². The molecule has 0 saturated carbocycles. The van der Waals surface area contributed by atoms with Crippen LogP contribution < -0.4 is 15.4 Å². The summed E-state index contributed by atoms with van der Waals surface area (Å²) in [5.41, 5.74) is 7.68. The molecule has 3 rings (SSSR count). The van der Waals surface area contributed by atoms with E-state index in [2.05, 4.69) is 43.0 Å². The molecule has 1 aliphatic heterocycles. The lowest BCUT2D eigenvalue weighted by Gasteiger charge is -2.41. The van der Waals surface area contributed by atoms with Crippen LogP contribution >= 0.6 is 0 Å². The molecule has 2 atom stereocenters. The first-order valence-corrected chi connectivity index (χ1v) is 12.9. The number of carbonyl (C=O) groups excluding carboxylic acids is 2. The molecule has 1 aliphatic rings. The van der Waals surface area contributed by atoms with Crippen LogP contribution in [-0.4, -0.2) is 42.4 Å². The van der Waals surface area contributed by atoms with E-state index in [9.17, 15) is 9.59 Å². The van der Waals surface area contributed by atoms with Crippen molar-refractivity contribution < 1.29 is 14.3 Å². The van der Waals surface area contributed by atoms with E-state index in [0.717, 1.165) is 43.7 Å². The van der Waals surface area contributed by atoms with Crippen LogP contribution in [0, 0.1) is 11.8 Å². The smallest absolute Gasteiger partial charge is 0.222 e. The van der Waals surface area contributed by atoms with Crippen molar-refractivity contribution in [3.05, 3.63) is 60.2 Å². The van der Waals surface area contributed by atoms with Gasteiger partial charge in [-0.25, -0.2) is 0 Å². The van der Waals surface area contributed by atoms with Gasteiger partial charge >= 0.3 is 0 Å². The second kappa shape index (κ2) is 13.2. The van der Waals surface area contributed by atoms with Crippen LogP contribution in [0.5, 0.6) is 5.75 Å². The van der Waals surface area contributed by atoms with Gasteiger partial charge in [-0.2, -0.15) is 0 Å². The van der Waals surface area contributed by atoms with Crippen molar-refractivity contribution in [1.82, 2.24) is 4.90 Å². The van der Waals surface area contributed by atoms with Gasteiger partial charge in [0.05, 0.1) is 0 Å². The Hall–Kier alpha value is -3.02. The van der Waals surface area contributed by atoms with Gasteiger partial charge in [0.15, 0.2) is 0 Å². The van der Waals surface area contributed by atoms with Gasteiger partial charge in [-0.3, -0.25) is 9.59 Å². The maximum absolute atomic E-state index is 12.9. The van der Waals surface area contributed by atoms with Crippen LogP contribution in [0.1, 0.15) is 58.4 Å². The molecular formula is C29H41N3O3. The molecule has 1 heterocycles. The highest BCUT2D eigenvalue weighted by Gasteiger charge is 2.28.